The van der Waals surface area contributed by atoms with Crippen molar-refractivity contribution in [3.05, 3.63) is 0 Å². The molecule has 0 unspecified atom stereocenters. The molecule has 1 fully saturated rings. The van der Waals surface area contributed by atoms with Gasteiger partial charge in [-0.25, -0.2) is 0 Å². The predicted octanol–water partition coefficient (Wildman–Crippen LogP) is 1.16. The van der Waals surface area contributed by atoms with Crippen molar-refractivity contribution < 1.29 is 9.59 Å². The van der Waals surface area contributed by atoms with Crippen molar-refractivity contribution >= 4 is 11.8 Å². The Morgan fingerprint density at radius 3 is 2.38 bits per heavy atom. The van der Waals surface area contributed by atoms with Gasteiger partial charge in [0, 0.05) is 6.54 Å². The summed E-state index contributed by atoms with van der Waals surface area (Å²) in [5.41, 5.74) is -0.485. The molecule has 0 spiro atoms. The maximum atomic E-state index is 12.0. The molecular weight excluding hydrogens is 204 g/mol. The lowest BCUT2D eigenvalue weighted by molar-refractivity contribution is -0.152. The minimum Gasteiger partial charge on any atom is -0.295 e. The second-order valence-corrected chi connectivity index (χ2v) is 6.14. The Morgan fingerprint density at radius 1 is 1.31 bits per heavy atom. The first kappa shape index (κ1) is 13.2. The standard InChI is InChI=1S/C12H22N2O2/c1-11(2,3)6-7-14-9(15)8-13-12(4,5)10(14)16/h13H,6-8H2,1-5H3. The molecule has 0 atom stereocenters. The first-order valence-electron chi connectivity index (χ1n) is 5.73. The van der Waals surface area contributed by atoms with Gasteiger partial charge in [0.2, 0.25) is 11.8 Å². The molecule has 92 valence electrons. The molecule has 0 aromatic carbocycles. The summed E-state index contributed by atoms with van der Waals surface area (Å²) in [6.07, 6.45) is 0.834. The van der Waals surface area contributed by atoms with E-state index in [-0.39, 0.29) is 23.8 Å². The van der Waals surface area contributed by atoms with Crippen molar-refractivity contribution in [3.8, 4) is 0 Å². The Bertz CT molecular complexity index is 303. The molecule has 16 heavy (non-hydrogen) atoms. The van der Waals surface area contributed by atoms with Gasteiger partial charge < -0.3 is 0 Å². The summed E-state index contributed by atoms with van der Waals surface area (Å²) in [5, 5.41) is 2.94. The van der Waals surface area contributed by atoms with Crippen molar-refractivity contribution in [2.45, 2.75) is 46.6 Å². The van der Waals surface area contributed by atoms with Crippen molar-refractivity contribution in [1.82, 2.24) is 10.2 Å². The van der Waals surface area contributed by atoms with Crippen LogP contribution in [0.15, 0.2) is 0 Å². The Hall–Kier alpha value is -0.900. The molecule has 0 aromatic rings. The number of rotatable bonds is 2. The van der Waals surface area contributed by atoms with Crippen molar-refractivity contribution in [2.75, 3.05) is 13.1 Å². The first-order chi connectivity index (χ1) is 7.13. The molecule has 1 saturated heterocycles. The van der Waals surface area contributed by atoms with Gasteiger partial charge >= 0.3 is 0 Å². The summed E-state index contributed by atoms with van der Waals surface area (Å²) in [6, 6.07) is 0. The Morgan fingerprint density at radius 2 is 1.88 bits per heavy atom. The maximum absolute atomic E-state index is 12.0. The van der Waals surface area contributed by atoms with Crippen LogP contribution in [0.25, 0.3) is 0 Å². The first-order valence-corrected chi connectivity index (χ1v) is 5.73. The normalized spacial score (nSPS) is 21.4. The van der Waals surface area contributed by atoms with Gasteiger partial charge in [-0.05, 0) is 25.7 Å². The van der Waals surface area contributed by atoms with Gasteiger partial charge in [-0.3, -0.25) is 19.8 Å². The Kier molecular flexibility index (Phi) is 3.43. The van der Waals surface area contributed by atoms with Gasteiger partial charge in [-0.1, -0.05) is 20.8 Å². The average Bonchev–Trinajstić information content (AvgIpc) is 2.11. The van der Waals surface area contributed by atoms with Crippen molar-refractivity contribution in [1.29, 1.82) is 0 Å². The number of nitrogens with one attached hydrogen (secondary N) is 1. The zero-order valence-corrected chi connectivity index (χ0v) is 10.9. The van der Waals surface area contributed by atoms with Crippen LogP contribution in [-0.4, -0.2) is 35.3 Å². The van der Waals surface area contributed by atoms with Gasteiger partial charge in [-0.15, -0.1) is 0 Å². The fourth-order valence-corrected chi connectivity index (χ4v) is 1.59. The van der Waals surface area contributed by atoms with Gasteiger partial charge in [0.05, 0.1) is 12.1 Å². The van der Waals surface area contributed by atoms with Crippen LogP contribution in [0.5, 0.6) is 0 Å². The van der Waals surface area contributed by atoms with E-state index in [1.165, 1.54) is 4.90 Å². The zero-order chi connectivity index (χ0) is 12.6. The lowest BCUT2D eigenvalue weighted by Gasteiger charge is -2.37. The predicted molar refractivity (Wildman–Crippen MR) is 62.9 cm³/mol. The van der Waals surface area contributed by atoms with E-state index in [2.05, 4.69) is 26.1 Å². The van der Waals surface area contributed by atoms with E-state index in [1.54, 1.807) is 0 Å². The van der Waals surface area contributed by atoms with E-state index in [9.17, 15) is 9.59 Å². The third kappa shape index (κ3) is 3.04. The lowest BCUT2D eigenvalue weighted by Crippen LogP contribution is -2.63. The van der Waals surface area contributed by atoms with E-state index in [0.29, 0.717) is 6.54 Å². The molecule has 0 aliphatic carbocycles. The fraction of sp³-hybridized carbons (Fsp3) is 0.833. The molecule has 0 aromatic heterocycles. The molecule has 0 bridgehead atoms. The summed E-state index contributed by atoms with van der Waals surface area (Å²) in [7, 11) is 0. The Labute approximate surface area is 97.4 Å². The molecule has 1 heterocycles. The van der Waals surface area contributed by atoms with E-state index in [4.69, 9.17) is 0 Å². The number of nitrogens with zero attached hydrogens (tertiary/aromatic N) is 1. The number of piperazine rings is 1. The highest BCUT2D eigenvalue weighted by atomic mass is 16.2. The van der Waals surface area contributed by atoms with E-state index >= 15 is 0 Å². The van der Waals surface area contributed by atoms with E-state index in [1.807, 2.05) is 13.8 Å². The summed E-state index contributed by atoms with van der Waals surface area (Å²) in [4.78, 5) is 25.1. The molecule has 4 nitrogen and oxygen atoms in total. The van der Waals surface area contributed by atoms with Crippen LogP contribution in [-0.2, 0) is 9.59 Å². The summed E-state index contributed by atoms with van der Waals surface area (Å²) in [5.74, 6) is -0.235. The van der Waals surface area contributed by atoms with Crippen LogP contribution >= 0.6 is 0 Å². The fourth-order valence-electron chi connectivity index (χ4n) is 1.59. The Balaban J connectivity index is 2.70. The molecule has 0 radical (unpaired) electrons. The van der Waals surface area contributed by atoms with Gasteiger partial charge in [0.1, 0.15) is 0 Å². The minimum atomic E-state index is -0.619. The van der Waals surface area contributed by atoms with Gasteiger partial charge in [-0.2, -0.15) is 0 Å². The third-order valence-electron chi connectivity index (χ3n) is 2.85. The third-order valence-corrected chi connectivity index (χ3v) is 2.85. The van der Waals surface area contributed by atoms with Crippen molar-refractivity contribution in [2.24, 2.45) is 5.41 Å². The number of hydrogen-bond acceptors (Lipinski definition) is 3. The second kappa shape index (κ2) is 4.17. The monoisotopic (exact) mass is 226 g/mol. The van der Waals surface area contributed by atoms with Crippen LogP contribution in [0.3, 0.4) is 0 Å². The molecular formula is C12H22N2O2. The average molecular weight is 226 g/mol. The molecule has 1 aliphatic heterocycles. The highest BCUT2D eigenvalue weighted by Gasteiger charge is 2.39. The summed E-state index contributed by atoms with van der Waals surface area (Å²) in [6.45, 7) is 10.7. The lowest BCUT2D eigenvalue weighted by atomic mass is 9.91. The molecule has 2 amide bonds. The zero-order valence-electron chi connectivity index (χ0n) is 10.9. The number of imide groups is 1. The number of carbonyl (C=O) groups is 2. The molecule has 4 heteroatoms. The largest absolute Gasteiger partial charge is 0.295 e. The molecule has 1 N–H and O–H groups in total. The molecule has 0 saturated carbocycles. The van der Waals surface area contributed by atoms with Crippen LogP contribution < -0.4 is 5.32 Å². The summed E-state index contributed by atoms with van der Waals surface area (Å²) >= 11 is 0. The highest BCUT2D eigenvalue weighted by molar-refractivity contribution is 6.02. The number of hydrogen-bond donors (Lipinski definition) is 1. The second-order valence-electron chi connectivity index (χ2n) is 6.14. The van der Waals surface area contributed by atoms with Crippen LogP contribution in [0, 0.1) is 5.41 Å². The van der Waals surface area contributed by atoms with E-state index < -0.39 is 5.54 Å². The van der Waals surface area contributed by atoms with Crippen LogP contribution in [0.4, 0.5) is 0 Å². The van der Waals surface area contributed by atoms with E-state index in [0.717, 1.165) is 6.42 Å². The molecule has 1 aliphatic rings. The van der Waals surface area contributed by atoms with Gasteiger partial charge in [0.15, 0.2) is 0 Å². The highest BCUT2D eigenvalue weighted by Crippen LogP contribution is 2.21. The summed E-state index contributed by atoms with van der Waals surface area (Å²) < 4.78 is 0. The van der Waals surface area contributed by atoms with Gasteiger partial charge in [0.25, 0.3) is 0 Å². The maximum Gasteiger partial charge on any atom is 0.248 e. The smallest absolute Gasteiger partial charge is 0.248 e. The SMILES string of the molecule is CC(C)(C)CCN1C(=O)CNC(C)(C)C1=O. The molecule has 1 rings (SSSR count). The number of carbonyl (C=O) groups excluding carboxylic acids is 2. The van der Waals surface area contributed by atoms with Crippen LogP contribution in [0.1, 0.15) is 41.0 Å². The van der Waals surface area contributed by atoms with Crippen LogP contribution in [0.2, 0.25) is 0 Å². The minimum absolute atomic E-state index is 0.117. The quantitative estimate of drug-likeness (QED) is 0.719. The topological polar surface area (TPSA) is 49.4 Å². The van der Waals surface area contributed by atoms with Crippen molar-refractivity contribution in [3.63, 3.8) is 0 Å². The number of amides is 2.